The van der Waals surface area contributed by atoms with Gasteiger partial charge in [-0.05, 0) is 47.5 Å². The highest BCUT2D eigenvalue weighted by molar-refractivity contribution is 5.68. The highest BCUT2D eigenvalue weighted by atomic mass is 16.6. The second-order valence-electron chi connectivity index (χ2n) is 6.51. The Balaban J connectivity index is 2.63. The van der Waals surface area contributed by atoms with Gasteiger partial charge in [-0.2, -0.15) is 0 Å². The molecule has 0 spiro atoms. The van der Waals surface area contributed by atoms with Crippen molar-refractivity contribution < 1.29 is 14.4 Å². The molecule has 1 aliphatic rings. The topological polar surface area (TPSA) is 64.8 Å². The third-order valence-electron chi connectivity index (χ3n) is 3.10. The molecule has 5 heteroatoms. The summed E-state index contributed by atoms with van der Waals surface area (Å²) < 4.78 is 5.43. The van der Waals surface area contributed by atoms with Gasteiger partial charge in [0.15, 0.2) is 0 Å². The first-order valence-electron chi connectivity index (χ1n) is 6.50. The van der Waals surface area contributed by atoms with E-state index in [1.807, 2.05) is 34.6 Å². The molecule has 0 unspecified atom stereocenters. The summed E-state index contributed by atoms with van der Waals surface area (Å²) in [7, 11) is 0. The summed E-state index contributed by atoms with van der Waals surface area (Å²) in [6, 6.07) is 0.107. The zero-order valence-electron chi connectivity index (χ0n) is 12.2. The van der Waals surface area contributed by atoms with Gasteiger partial charge in [0.25, 0.3) is 0 Å². The first-order valence-corrected chi connectivity index (χ1v) is 6.50. The fourth-order valence-electron chi connectivity index (χ4n) is 1.84. The van der Waals surface area contributed by atoms with Crippen LogP contribution in [-0.2, 0) is 9.57 Å². The van der Waals surface area contributed by atoms with Crippen molar-refractivity contribution in [1.29, 1.82) is 0 Å². The first-order chi connectivity index (χ1) is 8.19. The van der Waals surface area contributed by atoms with Gasteiger partial charge in [0, 0.05) is 18.0 Å². The maximum Gasteiger partial charge on any atom is 0.410 e. The van der Waals surface area contributed by atoms with Crippen LogP contribution in [0.3, 0.4) is 0 Å². The van der Waals surface area contributed by atoms with Crippen molar-refractivity contribution in [3.8, 4) is 0 Å². The van der Waals surface area contributed by atoms with E-state index in [-0.39, 0.29) is 17.6 Å². The smallest absolute Gasteiger partial charge is 0.410 e. The SMILES string of the molecule is CC(C)N(CC1(CON)CC1)C(=O)OC(C)(C)C. The van der Waals surface area contributed by atoms with Gasteiger partial charge < -0.3 is 14.5 Å². The van der Waals surface area contributed by atoms with Crippen LogP contribution in [0.5, 0.6) is 0 Å². The van der Waals surface area contributed by atoms with E-state index in [9.17, 15) is 4.79 Å². The molecule has 1 rings (SSSR count). The van der Waals surface area contributed by atoms with Gasteiger partial charge in [-0.25, -0.2) is 10.7 Å². The minimum Gasteiger partial charge on any atom is -0.444 e. The number of hydrogen-bond donors (Lipinski definition) is 1. The molecule has 1 fully saturated rings. The molecule has 0 heterocycles. The van der Waals surface area contributed by atoms with E-state index in [1.165, 1.54) is 0 Å². The lowest BCUT2D eigenvalue weighted by Crippen LogP contribution is -2.45. The lowest BCUT2D eigenvalue weighted by atomic mass is 10.1. The lowest BCUT2D eigenvalue weighted by Gasteiger charge is -2.32. The lowest BCUT2D eigenvalue weighted by molar-refractivity contribution is 0.00675. The molecular formula is C13H26N2O3. The Hall–Kier alpha value is -0.810. The molecule has 0 saturated heterocycles. The van der Waals surface area contributed by atoms with Crippen molar-refractivity contribution in [3.05, 3.63) is 0 Å². The zero-order valence-corrected chi connectivity index (χ0v) is 12.2. The molecule has 0 bridgehead atoms. The van der Waals surface area contributed by atoms with Gasteiger partial charge >= 0.3 is 6.09 Å². The predicted octanol–water partition coefficient (Wildman–Crippen LogP) is 2.30. The van der Waals surface area contributed by atoms with E-state index in [0.29, 0.717) is 13.2 Å². The highest BCUT2D eigenvalue weighted by Crippen LogP contribution is 2.46. The third kappa shape index (κ3) is 4.46. The molecule has 1 saturated carbocycles. The average Bonchev–Trinajstić information content (AvgIpc) is 2.92. The minimum atomic E-state index is -0.467. The Bertz CT molecular complexity index is 293. The van der Waals surface area contributed by atoms with Crippen molar-refractivity contribution in [2.45, 2.75) is 59.1 Å². The standard InChI is InChI=1S/C13H26N2O3/c1-10(2)15(11(16)18-12(3,4)5)8-13(6-7-13)9-17-14/h10H,6-9,14H2,1-5H3. The second-order valence-corrected chi connectivity index (χ2v) is 6.51. The summed E-state index contributed by atoms with van der Waals surface area (Å²) in [5.74, 6) is 5.15. The molecule has 0 aromatic carbocycles. The first kappa shape index (κ1) is 15.2. The summed E-state index contributed by atoms with van der Waals surface area (Å²) in [6.45, 7) is 10.8. The van der Waals surface area contributed by atoms with E-state index in [0.717, 1.165) is 12.8 Å². The van der Waals surface area contributed by atoms with Crippen LogP contribution in [0.25, 0.3) is 0 Å². The fraction of sp³-hybridized carbons (Fsp3) is 0.923. The molecule has 0 aromatic rings. The maximum absolute atomic E-state index is 12.1. The third-order valence-corrected chi connectivity index (χ3v) is 3.10. The molecule has 0 aliphatic heterocycles. The van der Waals surface area contributed by atoms with Crippen LogP contribution in [0.4, 0.5) is 4.79 Å². The number of amides is 1. The molecule has 18 heavy (non-hydrogen) atoms. The van der Waals surface area contributed by atoms with Crippen molar-refractivity contribution in [2.24, 2.45) is 11.3 Å². The molecule has 0 radical (unpaired) electrons. The summed E-state index contributed by atoms with van der Waals surface area (Å²) in [4.78, 5) is 18.7. The number of hydrogen-bond acceptors (Lipinski definition) is 4. The average molecular weight is 258 g/mol. The minimum absolute atomic E-state index is 0.0376. The largest absolute Gasteiger partial charge is 0.444 e. The van der Waals surface area contributed by atoms with E-state index < -0.39 is 5.60 Å². The van der Waals surface area contributed by atoms with Gasteiger partial charge in [-0.1, -0.05) is 0 Å². The molecular weight excluding hydrogens is 232 g/mol. The molecule has 5 nitrogen and oxygen atoms in total. The van der Waals surface area contributed by atoms with Crippen LogP contribution < -0.4 is 5.90 Å². The fourth-order valence-corrected chi connectivity index (χ4v) is 1.84. The van der Waals surface area contributed by atoms with Crippen LogP contribution in [0.15, 0.2) is 0 Å². The zero-order chi connectivity index (χ0) is 14.0. The van der Waals surface area contributed by atoms with Crippen molar-refractivity contribution >= 4 is 6.09 Å². The summed E-state index contributed by atoms with van der Waals surface area (Å²) >= 11 is 0. The molecule has 2 N–H and O–H groups in total. The summed E-state index contributed by atoms with van der Waals surface area (Å²) in [6.07, 6.45) is 1.84. The number of ether oxygens (including phenoxy) is 1. The number of carbonyl (C=O) groups excluding carboxylic acids is 1. The second kappa shape index (κ2) is 5.45. The summed E-state index contributed by atoms with van der Waals surface area (Å²) in [5.41, 5.74) is -0.429. The predicted molar refractivity (Wildman–Crippen MR) is 69.9 cm³/mol. The van der Waals surface area contributed by atoms with Crippen LogP contribution in [-0.4, -0.2) is 35.8 Å². The Kier molecular flexibility index (Phi) is 4.61. The number of nitrogens with two attached hydrogens (primary N) is 1. The Morgan fingerprint density at radius 3 is 2.28 bits per heavy atom. The maximum atomic E-state index is 12.1. The van der Waals surface area contributed by atoms with Crippen molar-refractivity contribution in [3.63, 3.8) is 0 Å². The highest BCUT2D eigenvalue weighted by Gasteiger charge is 2.46. The number of rotatable bonds is 5. The monoisotopic (exact) mass is 258 g/mol. The molecule has 0 aromatic heterocycles. The van der Waals surface area contributed by atoms with Gasteiger partial charge in [0.2, 0.25) is 0 Å². The van der Waals surface area contributed by atoms with Crippen molar-refractivity contribution in [2.75, 3.05) is 13.2 Å². The molecule has 106 valence electrons. The van der Waals surface area contributed by atoms with Gasteiger partial charge in [-0.3, -0.25) is 0 Å². The van der Waals surface area contributed by atoms with Gasteiger partial charge in [-0.15, -0.1) is 0 Å². The number of nitrogens with zero attached hydrogens (tertiary/aromatic N) is 1. The van der Waals surface area contributed by atoms with Crippen LogP contribution in [0, 0.1) is 5.41 Å². The van der Waals surface area contributed by atoms with Crippen LogP contribution >= 0.6 is 0 Å². The van der Waals surface area contributed by atoms with E-state index in [1.54, 1.807) is 4.90 Å². The van der Waals surface area contributed by atoms with E-state index in [4.69, 9.17) is 15.5 Å². The van der Waals surface area contributed by atoms with E-state index in [2.05, 4.69) is 0 Å². The molecule has 1 amide bonds. The Labute approximate surface area is 110 Å². The summed E-state index contributed by atoms with van der Waals surface area (Å²) in [5, 5.41) is 0. The van der Waals surface area contributed by atoms with E-state index >= 15 is 0 Å². The van der Waals surface area contributed by atoms with Crippen LogP contribution in [0.2, 0.25) is 0 Å². The van der Waals surface area contributed by atoms with Crippen molar-refractivity contribution in [1.82, 2.24) is 4.90 Å². The normalized spacial score (nSPS) is 17.7. The van der Waals surface area contributed by atoms with Gasteiger partial charge in [0.1, 0.15) is 5.60 Å². The number of carbonyl (C=O) groups is 1. The Morgan fingerprint density at radius 2 is 1.94 bits per heavy atom. The Morgan fingerprint density at radius 1 is 1.39 bits per heavy atom. The van der Waals surface area contributed by atoms with Gasteiger partial charge in [0.05, 0.1) is 6.61 Å². The van der Waals surface area contributed by atoms with Crippen LogP contribution in [0.1, 0.15) is 47.5 Å². The molecule has 0 atom stereocenters. The quantitative estimate of drug-likeness (QED) is 0.768. The molecule has 1 aliphatic carbocycles.